The summed E-state index contributed by atoms with van der Waals surface area (Å²) in [4.78, 5) is 13.5. The molecule has 1 atom stereocenters. The van der Waals surface area contributed by atoms with Crippen LogP contribution in [0.3, 0.4) is 0 Å². The number of carbonyl (C=O) groups is 1. The maximum atomic E-state index is 11.8. The van der Waals surface area contributed by atoms with E-state index in [9.17, 15) is 9.90 Å². The Kier molecular flexibility index (Phi) is 2.19. The second-order valence-corrected chi connectivity index (χ2v) is 4.50. The summed E-state index contributed by atoms with van der Waals surface area (Å²) in [5.41, 5.74) is 1.99. The molecular formula is C13H14N2O2. The van der Waals surface area contributed by atoms with Gasteiger partial charge in [-0.3, -0.25) is 4.79 Å². The Morgan fingerprint density at radius 3 is 2.88 bits per heavy atom. The third-order valence-corrected chi connectivity index (χ3v) is 3.30. The fraction of sp³-hybridized carbons (Fsp3) is 0.308. The average molecular weight is 230 g/mol. The van der Waals surface area contributed by atoms with Crippen molar-refractivity contribution in [3.05, 3.63) is 30.5 Å². The van der Waals surface area contributed by atoms with E-state index in [2.05, 4.69) is 0 Å². The van der Waals surface area contributed by atoms with Crippen LogP contribution in [0.25, 0.3) is 10.9 Å². The van der Waals surface area contributed by atoms with E-state index in [1.807, 2.05) is 42.1 Å². The lowest BCUT2D eigenvalue weighted by Gasteiger charge is -2.17. The summed E-state index contributed by atoms with van der Waals surface area (Å²) in [6.45, 7) is 0.396. The third kappa shape index (κ3) is 1.52. The van der Waals surface area contributed by atoms with Crippen molar-refractivity contribution in [3.8, 4) is 0 Å². The summed E-state index contributed by atoms with van der Waals surface area (Å²) in [6.07, 6.45) is 1.66. The van der Waals surface area contributed by atoms with Gasteiger partial charge < -0.3 is 14.6 Å². The molecule has 1 unspecified atom stereocenters. The van der Waals surface area contributed by atoms with Crippen molar-refractivity contribution in [2.75, 3.05) is 11.4 Å². The van der Waals surface area contributed by atoms with E-state index >= 15 is 0 Å². The molecule has 1 aromatic heterocycles. The molecule has 1 N–H and O–H groups in total. The normalized spacial score (nSPS) is 20.5. The Hall–Kier alpha value is -1.81. The number of aliphatic hydroxyl groups excluding tert-OH is 1. The van der Waals surface area contributed by atoms with Gasteiger partial charge in [-0.25, -0.2) is 0 Å². The number of anilines is 1. The minimum atomic E-state index is -0.540. The van der Waals surface area contributed by atoms with Crippen molar-refractivity contribution in [1.82, 2.24) is 4.57 Å². The van der Waals surface area contributed by atoms with Gasteiger partial charge in [0.2, 0.25) is 5.91 Å². The van der Waals surface area contributed by atoms with Crippen LogP contribution in [0.2, 0.25) is 0 Å². The molecule has 88 valence electrons. The summed E-state index contributed by atoms with van der Waals surface area (Å²) in [6, 6.07) is 7.90. The first-order valence-corrected chi connectivity index (χ1v) is 5.69. The standard InChI is InChI=1S/C13H14N2O2/c1-14-6-5-10-11(14)3-2-4-12(10)15-8-9(16)7-13(15)17/h2-6,9,16H,7-8H2,1H3. The van der Waals surface area contributed by atoms with Crippen molar-refractivity contribution in [3.63, 3.8) is 0 Å². The topological polar surface area (TPSA) is 45.5 Å². The highest BCUT2D eigenvalue weighted by Crippen LogP contribution is 2.30. The molecule has 1 aliphatic heterocycles. The van der Waals surface area contributed by atoms with Gasteiger partial charge in [0, 0.05) is 24.1 Å². The predicted octanol–water partition coefficient (Wildman–Crippen LogP) is 1.28. The molecule has 1 fully saturated rings. The molecule has 1 aliphatic rings. The van der Waals surface area contributed by atoms with Gasteiger partial charge in [-0.2, -0.15) is 0 Å². The molecule has 0 saturated carbocycles. The molecule has 4 nitrogen and oxygen atoms in total. The van der Waals surface area contributed by atoms with E-state index < -0.39 is 6.10 Å². The first-order chi connectivity index (χ1) is 8.16. The molecule has 1 aromatic carbocycles. The number of rotatable bonds is 1. The molecule has 0 bridgehead atoms. The molecule has 1 amide bonds. The number of carbonyl (C=O) groups excluding carboxylic acids is 1. The second kappa shape index (κ2) is 3.60. The van der Waals surface area contributed by atoms with Crippen molar-refractivity contribution in [1.29, 1.82) is 0 Å². The summed E-state index contributed by atoms with van der Waals surface area (Å²) in [5.74, 6) is -0.00569. The fourth-order valence-corrected chi connectivity index (χ4v) is 2.44. The molecular weight excluding hydrogens is 216 g/mol. The van der Waals surface area contributed by atoms with Crippen LogP contribution in [-0.2, 0) is 11.8 Å². The molecule has 0 aliphatic carbocycles. The monoisotopic (exact) mass is 230 g/mol. The van der Waals surface area contributed by atoms with Gasteiger partial charge in [-0.05, 0) is 18.2 Å². The van der Waals surface area contributed by atoms with Gasteiger partial charge in [0.15, 0.2) is 0 Å². The summed E-state index contributed by atoms with van der Waals surface area (Å²) in [7, 11) is 1.98. The summed E-state index contributed by atoms with van der Waals surface area (Å²) in [5, 5.41) is 10.6. The minimum Gasteiger partial charge on any atom is -0.391 e. The molecule has 0 spiro atoms. The van der Waals surface area contributed by atoms with Crippen LogP contribution in [0.1, 0.15) is 6.42 Å². The van der Waals surface area contributed by atoms with Crippen LogP contribution >= 0.6 is 0 Å². The second-order valence-electron chi connectivity index (χ2n) is 4.50. The highest BCUT2D eigenvalue weighted by molar-refractivity contribution is 6.04. The first kappa shape index (κ1) is 10.4. The van der Waals surface area contributed by atoms with Crippen molar-refractivity contribution >= 4 is 22.5 Å². The van der Waals surface area contributed by atoms with E-state index in [-0.39, 0.29) is 12.3 Å². The van der Waals surface area contributed by atoms with E-state index in [0.29, 0.717) is 6.54 Å². The number of aliphatic hydroxyl groups is 1. The molecule has 1 saturated heterocycles. The van der Waals surface area contributed by atoms with Crippen molar-refractivity contribution in [2.45, 2.75) is 12.5 Å². The van der Waals surface area contributed by atoms with Gasteiger partial charge in [0.05, 0.1) is 24.8 Å². The average Bonchev–Trinajstić information content (AvgIpc) is 2.83. The largest absolute Gasteiger partial charge is 0.391 e. The number of nitrogens with zero attached hydrogens (tertiary/aromatic N) is 2. The van der Waals surface area contributed by atoms with Crippen LogP contribution in [0, 0.1) is 0 Å². The third-order valence-electron chi connectivity index (χ3n) is 3.30. The zero-order valence-corrected chi connectivity index (χ0v) is 9.63. The number of hydrogen-bond acceptors (Lipinski definition) is 2. The zero-order valence-electron chi connectivity index (χ0n) is 9.63. The van der Waals surface area contributed by atoms with Gasteiger partial charge >= 0.3 is 0 Å². The number of hydrogen-bond donors (Lipinski definition) is 1. The number of amides is 1. The van der Waals surface area contributed by atoms with Crippen LogP contribution in [0.4, 0.5) is 5.69 Å². The maximum absolute atomic E-state index is 11.8. The predicted molar refractivity (Wildman–Crippen MR) is 65.9 cm³/mol. The van der Waals surface area contributed by atoms with Gasteiger partial charge in [0.25, 0.3) is 0 Å². The van der Waals surface area contributed by atoms with E-state index in [4.69, 9.17) is 0 Å². The molecule has 3 rings (SSSR count). The first-order valence-electron chi connectivity index (χ1n) is 5.69. The molecule has 0 radical (unpaired) electrons. The van der Waals surface area contributed by atoms with E-state index in [1.165, 1.54) is 0 Å². The van der Waals surface area contributed by atoms with Crippen LogP contribution in [-0.4, -0.2) is 28.2 Å². The Bertz CT molecular complexity index is 588. The van der Waals surface area contributed by atoms with E-state index in [1.54, 1.807) is 4.90 Å². The Morgan fingerprint density at radius 1 is 1.35 bits per heavy atom. The lowest BCUT2D eigenvalue weighted by atomic mass is 10.2. The van der Waals surface area contributed by atoms with Crippen LogP contribution < -0.4 is 4.90 Å². The summed E-state index contributed by atoms with van der Waals surface area (Å²) < 4.78 is 2.02. The number of aryl methyl sites for hydroxylation is 1. The fourth-order valence-electron chi connectivity index (χ4n) is 2.44. The zero-order chi connectivity index (χ0) is 12.0. The Balaban J connectivity index is 2.14. The molecule has 4 heteroatoms. The number of fused-ring (bicyclic) bond motifs is 1. The SMILES string of the molecule is Cn1ccc2c(N3CC(O)CC3=O)cccc21. The molecule has 2 heterocycles. The lowest BCUT2D eigenvalue weighted by Crippen LogP contribution is -2.25. The maximum Gasteiger partial charge on any atom is 0.229 e. The highest BCUT2D eigenvalue weighted by atomic mass is 16.3. The van der Waals surface area contributed by atoms with Crippen LogP contribution in [0.15, 0.2) is 30.5 Å². The summed E-state index contributed by atoms with van der Waals surface area (Å²) >= 11 is 0. The lowest BCUT2D eigenvalue weighted by molar-refractivity contribution is -0.117. The number of benzene rings is 1. The van der Waals surface area contributed by atoms with Crippen molar-refractivity contribution in [2.24, 2.45) is 7.05 Å². The smallest absolute Gasteiger partial charge is 0.229 e. The van der Waals surface area contributed by atoms with Gasteiger partial charge in [-0.1, -0.05) is 6.07 Å². The quantitative estimate of drug-likeness (QED) is 0.802. The molecule has 17 heavy (non-hydrogen) atoms. The Labute approximate surface area is 99.1 Å². The highest BCUT2D eigenvalue weighted by Gasteiger charge is 2.30. The van der Waals surface area contributed by atoms with Crippen LogP contribution in [0.5, 0.6) is 0 Å². The Morgan fingerprint density at radius 2 is 2.18 bits per heavy atom. The number of β-amino-alcohol motifs (C(OH)–C–C–N with tert-alkyl or cyclic N) is 1. The van der Waals surface area contributed by atoms with E-state index in [0.717, 1.165) is 16.6 Å². The van der Waals surface area contributed by atoms with Gasteiger partial charge in [0.1, 0.15) is 0 Å². The van der Waals surface area contributed by atoms with Crippen molar-refractivity contribution < 1.29 is 9.90 Å². The molecule has 2 aromatic rings. The minimum absolute atomic E-state index is 0.00569. The number of aromatic nitrogens is 1. The van der Waals surface area contributed by atoms with Gasteiger partial charge in [-0.15, -0.1) is 0 Å².